The number of nitrogens with two attached hydrogens (primary N) is 1. The lowest BCUT2D eigenvalue weighted by molar-refractivity contribution is 0.0952. The fourth-order valence-corrected chi connectivity index (χ4v) is 1.84. The van der Waals surface area contributed by atoms with Crippen molar-refractivity contribution in [3.8, 4) is 0 Å². The van der Waals surface area contributed by atoms with Gasteiger partial charge in [0.25, 0.3) is 5.91 Å². The van der Waals surface area contributed by atoms with Crippen molar-refractivity contribution in [3.63, 3.8) is 0 Å². The van der Waals surface area contributed by atoms with Crippen molar-refractivity contribution in [2.24, 2.45) is 5.84 Å². The minimum atomic E-state index is -0.278. The molecule has 0 radical (unpaired) electrons. The number of carbonyl (C=O) groups is 1. The summed E-state index contributed by atoms with van der Waals surface area (Å²) in [5.74, 6) is 4.90. The SMILES string of the molecule is Cc1ncn(Cc2ccccc2C(=O)NN)c1C. The van der Waals surface area contributed by atoms with Gasteiger partial charge in [-0.2, -0.15) is 0 Å². The van der Waals surface area contributed by atoms with Crippen LogP contribution in [0.5, 0.6) is 0 Å². The number of aryl methyl sites for hydroxylation is 1. The van der Waals surface area contributed by atoms with Gasteiger partial charge in [0, 0.05) is 17.8 Å². The molecule has 1 aromatic heterocycles. The fourth-order valence-electron chi connectivity index (χ4n) is 1.84. The number of hydrogen-bond acceptors (Lipinski definition) is 3. The smallest absolute Gasteiger partial charge is 0.265 e. The van der Waals surface area contributed by atoms with Crippen molar-refractivity contribution >= 4 is 5.91 Å². The lowest BCUT2D eigenvalue weighted by atomic mass is 10.1. The highest BCUT2D eigenvalue weighted by atomic mass is 16.2. The Morgan fingerprint density at radius 3 is 2.72 bits per heavy atom. The number of hydrazine groups is 1. The van der Waals surface area contributed by atoms with E-state index < -0.39 is 0 Å². The highest BCUT2D eigenvalue weighted by molar-refractivity contribution is 5.95. The van der Waals surface area contributed by atoms with Crippen LogP contribution in [-0.2, 0) is 6.54 Å². The van der Waals surface area contributed by atoms with E-state index in [1.807, 2.05) is 36.6 Å². The van der Waals surface area contributed by atoms with E-state index in [4.69, 9.17) is 5.84 Å². The first-order valence-corrected chi connectivity index (χ1v) is 5.70. The summed E-state index contributed by atoms with van der Waals surface area (Å²) in [5, 5.41) is 0. The average Bonchev–Trinajstić information content (AvgIpc) is 2.70. The minimum Gasteiger partial charge on any atom is -0.330 e. The first kappa shape index (κ1) is 12.3. The molecule has 0 bridgehead atoms. The lowest BCUT2D eigenvalue weighted by Gasteiger charge is -2.10. The molecule has 0 saturated heterocycles. The molecular formula is C13H16N4O. The molecule has 0 fully saturated rings. The zero-order chi connectivity index (χ0) is 13.1. The second kappa shape index (κ2) is 5.01. The van der Waals surface area contributed by atoms with E-state index in [1.54, 1.807) is 12.4 Å². The molecule has 0 saturated carbocycles. The van der Waals surface area contributed by atoms with Gasteiger partial charge in [0.05, 0.1) is 12.0 Å². The second-order valence-corrected chi connectivity index (χ2v) is 4.17. The third kappa shape index (κ3) is 2.26. The number of carbonyl (C=O) groups excluding carboxylic acids is 1. The maximum Gasteiger partial charge on any atom is 0.265 e. The van der Waals surface area contributed by atoms with Crippen LogP contribution in [0.2, 0.25) is 0 Å². The summed E-state index contributed by atoms with van der Waals surface area (Å²) in [6.45, 7) is 4.58. The molecule has 1 heterocycles. The molecule has 18 heavy (non-hydrogen) atoms. The van der Waals surface area contributed by atoms with E-state index in [-0.39, 0.29) is 5.91 Å². The van der Waals surface area contributed by atoms with Gasteiger partial charge in [-0.1, -0.05) is 18.2 Å². The van der Waals surface area contributed by atoms with Gasteiger partial charge in [-0.3, -0.25) is 10.2 Å². The summed E-state index contributed by atoms with van der Waals surface area (Å²) < 4.78 is 2.01. The van der Waals surface area contributed by atoms with Crippen LogP contribution in [-0.4, -0.2) is 15.5 Å². The molecule has 3 N–H and O–H groups in total. The number of amides is 1. The monoisotopic (exact) mass is 244 g/mol. The Morgan fingerprint density at radius 1 is 1.39 bits per heavy atom. The molecular weight excluding hydrogens is 228 g/mol. The number of benzene rings is 1. The molecule has 1 amide bonds. The van der Waals surface area contributed by atoms with Crippen molar-refractivity contribution in [2.45, 2.75) is 20.4 Å². The maximum absolute atomic E-state index is 11.7. The van der Waals surface area contributed by atoms with Crippen LogP contribution in [0.25, 0.3) is 0 Å². The third-order valence-electron chi connectivity index (χ3n) is 3.08. The summed E-state index contributed by atoms with van der Waals surface area (Å²) in [4.78, 5) is 15.9. The van der Waals surface area contributed by atoms with Crippen LogP contribution < -0.4 is 11.3 Å². The first-order valence-electron chi connectivity index (χ1n) is 5.70. The maximum atomic E-state index is 11.7. The van der Waals surface area contributed by atoms with Gasteiger partial charge < -0.3 is 4.57 Å². The topological polar surface area (TPSA) is 72.9 Å². The highest BCUT2D eigenvalue weighted by Crippen LogP contribution is 2.13. The van der Waals surface area contributed by atoms with Gasteiger partial charge in [-0.15, -0.1) is 0 Å². The molecule has 0 aliphatic carbocycles. The Bertz CT molecular complexity index is 574. The number of nitrogens with one attached hydrogen (secondary N) is 1. The van der Waals surface area contributed by atoms with E-state index in [9.17, 15) is 4.79 Å². The molecule has 94 valence electrons. The Balaban J connectivity index is 2.35. The van der Waals surface area contributed by atoms with Gasteiger partial charge in [0.1, 0.15) is 0 Å². The standard InChI is InChI=1S/C13H16N4O/c1-9-10(2)17(8-15-9)7-11-5-3-4-6-12(11)13(18)16-14/h3-6,8H,7,14H2,1-2H3,(H,16,18). The van der Waals surface area contributed by atoms with Crippen molar-refractivity contribution in [2.75, 3.05) is 0 Å². The highest BCUT2D eigenvalue weighted by Gasteiger charge is 2.11. The minimum absolute atomic E-state index is 0.278. The van der Waals surface area contributed by atoms with Crippen molar-refractivity contribution in [3.05, 3.63) is 53.1 Å². The molecule has 0 unspecified atom stereocenters. The quantitative estimate of drug-likeness (QED) is 0.483. The van der Waals surface area contributed by atoms with Gasteiger partial charge in [0.15, 0.2) is 0 Å². The van der Waals surface area contributed by atoms with Crippen LogP contribution in [0.3, 0.4) is 0 Å². The molecule has 0 atom stereocenters. The molecule has 2 rings (SSSR count). The predicted octanol–water partition coefficient (Wildman–Crippen LogP) is 1.15. The van der Waals surface area contributed by atoms with Crippen LogP contribution in [0.4, 0.5) is 0 Å². The van der Waals surface area contributed by atoms with E-state index in [0.29, 0.717) is 12.1 Å². The molecule has 0 aliphatic rings. The third-order valence-corrected chi connectivity index (χ3v) is 3.08. The predicted molar refractivity (Wildman–Crippen MR) is 68.9 cm³/mol. The summed E-state index contributed by atoms with van der Waals surface area (Å²) in [6, 6.07) is 7.40. The molecule has 5 heteroatoms. The van der Waals surface area contributed by atoms with Gasteiger partial charge in [-0.05, 0) is 25.5 Å². The van der Waals surface area contributed by atoms with E-state index in [2.05, 4.69) is 10.4 Å². The number of rotatable bonds is 3. The van der Waals surface area contributed by atoms with Crippen molar-refractivity contribution in [1.82, 2.24) is 15.0 Å². The number of hydrogen-bond donors (Lipinski definition) is 2. The Labute approximate surface area is 106 Å². The van der Waals surface area contributed by atoms with E-state index in [1.165, 1.54) is 0 Å². The second-order valence-electron chi connectivity index (χ2n) is 4.17. The summed E-state index contributed by atoms with van der Waals surface area (Å²) in [6.07, 6.45) is 1.78. The van der Waals surface area contributed by atoms with E-state index in [0.717, 1.165) is 17.0 Å². The largest absolute Gasteiger partial charge is 0.330 e. The van der Waals surface area contributed by atoms with Crippen LogP contribution >= 0.6 is 0 Å². The van der Waals surface area contributed by atoms with Crippen LogP contribution in [0.1, 0.15) is 27.3 Å². The fraction of sp³-hybridized carbons (Fsp3) is 0.231. The number of imidazole rings is 1. The van der Waals surface area contributed by atoms with E-state index >= 15 is 0 Å². The van der Waals surface area contributed by atoms with Crippen LogP contribution in [0.15, 0.2) is 30.6 Å². The number of aromatic nitrogens is 2. The molecule has 0 aliphatic heterocycles. The molecule has 5 nitrogen and oxygen atoms in total. The first-order chi connectivity index (χ1) is 8.63. The summed E-state index contributed by atoms with van der Waals surface area (Å²) >= 11 is 0. The van der Waals surface area contributed by atoms with Gasteiger partial charge in [-0.25, -0.2) is 10.8 Å². The lowest BCUT2D eigenvalue weighted by Crippen LogP contribution is -2.31. The molecule has 0 spiro atoms. The molecule has 2 aromatic rings. The summed E-state index contributed by atoms with van der Waals surface area (Å²) in [7, 11) is 0. The molecule has 1 aromatic carbocycles. The normalized spacial score (nSPS) is 10.4. The average molecular weight is 244 g/mol. The zero-order valence-corrected chi connectivity index (χ0v) is 10.5. The van der Waals surface area contributed by atoms with Gasteiger partial charge >= 0.3 is 0 Å². The Kier molecular flexibility index (Phi) is 3.43. The number of nitrogen functional groups attached to an aromatic ring is 1. The zero-order valence-electron chi connectivity index (χ0n) is 10.5. The Morgan fingerprint density at radius 2 is 2.11 bits per heavy atom. The van der Waals surface area contributed by atoms with Crippen molar-refractivity contribution < 1.29 is 4.79 Å². The Hall–Kier alpha value is -2.14. The number of nitrogens with zero attached hydrogens (tertiary/aromatic N) is 2. The van der Waals surface area contributed by atoms with Crippen molar-refractivity contribution in [1.29, 1.82) is 0 Å². The van der Waals surface area contributed by atoms with Crippen LogP contribution in [0, 0.1) is 13.8 Å². The van der Waals surface area contributed by atoms with Gasteiger partial charge in [0.2, 0.25) is 0 Å². The summed E-state index contributed by atoms with van der Waals surface area (Å²) in [5.41, 5.74) is 5.76.